The second-order valence-electron chi connectivity index (χ2n) is 4.06. The van der Waals surface area contributed by atoms with E-state index in [1.165, 1.54) is 12.8 Å². The van der Waals surface area contributed by atoms with Crippen molar-refractivity contribution in [2.45, 2.75) is 18.9 Å². The molecule has 1 saturated heterocycles. The molecular formula is C12H25NO4. The van der Waals surface area contributed by atoms with Gasteiger partial charge in [0.2, 0.25) is 0 Å². The molecule has 0 bridgehead atoms. The Kier molecular flexibility index (Phi) is 9.55. The van der Waals surface area contributed by atoms with E-state index >= 15 is 0 Å². The van der Waals surface area contributed by atoms with Gasteiger partial charge in [-0.15, -0.1) is 0 Å². The van der Waals surface area contributed by atoms with Crippen LogP contribution >= 0.6 is 0 Å². The zero-order valence-electron chi connectivity index (χ0n) is 10.8. The summed E-state index contributed by atoms with van der Waals surface area (Å²) >= 11 is 0. The van der Waals surface area contributed by atoms with Gasteiger partial charge in [-0.2, -0.15) is 0 Å². The van der Waals surface area contributed by atoms with Crippen molar-refractivity contribution < 1.29 is 18.9 Å². The summed E-state index contributed by atoms with van der Waals surface area (Å²) in [6.45, 7) is 6.01. The number of nitrogens with one attached hydrogen (secondary N) is 1. The second-order valence-corrected chi connectivity index (χ2v) is 4.06. The minimum Gasteiger partial charge on any atom is -0.382 e. The lowest BCUT2D eigenvalue weighted by Crippen LogP contribution is -2.29. The van der Waals surface area contributed by atoms with Crippen molar-refractivity contribution in [3.8, 4) is 0 Å². The number of hydrogen-bond donors (Lipinski definition) is 1. The summed E-state index contributed by atoms with van der Waals surface area (Å²) < 4.78 is 21.0. The van der Waals surface area contributed by atoms with Crippen molar-refractivity contribution in [3.63, 3.8) is 0 Å². The lowest BCUT2D eigenvalue weighted by Gasteiger charge is -2.10. The van der Waals surface area contributed by atoms with Crippen molar-refractivity contribution in [2.75, 3.05) is 59.8 Å². The number of methoxy groups -OCH3 is 1. The molecule has 17 heavy (non-hydrogen) atoms. The molecule has 5 heteroatoms. The molecular weight excluding hydrogens is 222 g/mol. The third kappa shape index (κ3) is 8.51. The summed E-state index contributed by atoms with van der Waals surface area (Å²) in [6.07, 6.45) is 2.79. The van der Waals surface area contributed by atoms with Crippen LogP contribution in [0.4, 0.5) is 0 Å². The van der Waals surface area contributed by atoms with E-state index < -0.39 is 0 Å². The van der Waals surface area contributed by atoms with Crippen molar-refractivity contribution in [1.29, 1.82) is 0 Å². The van der Waals surface area contributed by atoms with E-state index in [2.05, 4.69) is 5.32 Å². The lowest BCUT2D eigenvalue weighted by atomic mass is 10.2. The van der Waals surface area contributed by atoms with Crippen LogP contribution in [0.25, 0.3) is 0 Å². The molecule has 1 N–H and O–H groups in total. The minimum absolute atomic E-state index is 0.410. The highest BCUT2D eigenvalue weighted by molar-refractivity contribution is 4.66. The van der Waals surface area contributed by atoms with Crippen molar-refractivity contribution in [1.82, 2.24) is 5.32 Å². The molecule has 0 amide bonds. The molecule has 0 aromatic carbocycles. The molecule has 0 radical (unpaired) electrons. The topological polar surface area (TPSA) is 49.0 Å². The minimum atomic E-state index is 0.410. The Labute approximate surface area is 104 Å². The van der Waals surface area contributed by atoms with Gasteiger partial charge in [-0.25, -0.2) is 0 Å². The summed E-state index contributed by atoms with van der Waals surface area (Å²) in [4.78, 5) is 0. The smallest absolute Gasteiger partial charge is 0.0701 e. The van der Waals surface area contributed by atoms with E-state index in [0.29, 0.717) is 32.5 Å². The molecule has 0 spiro atoms. The van der Waals surface area contributed by atoms with Gasteiger partial charge in [0, 0.05) is 26.8 Å². The van der Waals surface area contributed by atoms with Gasteiger partial charge in [-0.1, -0.05) is 0 Å². The summed E-state index contributed by atoms with van der Waals surface area (Å²) in [5.41, 5.74) is 0. The molecule has 1 heterocycles. The zero-order chi connectivity index (χ0) is 12.2. The molecule has 0 aromatic heterocycles. The van der Waals surface area contributed by atoms with E-state index in [9.17, 15) is 0 Å². The molecule has 1 aliphatic rings. The van der Waals surface area contributed by atoms with Crippen LogP contribution in [-0.4, -0.2) is 65.9 Å². The van der Waals surface area contributed by atoms with Crippen LogP contribution in [-0.2, 0) is 18.9 Å². The Morgan fingerprint density at radius 3 is 2.59 bits per heavy atom. The van der Waals surface area contributed by atoms with Crippen LogP contribution in [0.1, 0.15) is 12.8 Å². The third-order valence-corrected chi connectivity index (χ3v) is 2.62. The van der Waals surface area contributed by atoms with Crippen molar-refractivity contribution in [3.05, 3.63) is 0 Å². The Morgan fingerprint density at radius 2 is 1.88 bits per heavy atom. The first-order chi connectivity index (χ1) is 8.43. The SMILES string of the molecule is COCCOCCOCCNCC1CCCO1. The Bertz CT molecular complexity index is 163. The highest BCUT2D eigenvalue weighted by Crippen LogP contribution is 2.10. The second kappa shape index (κ2) is 10.9. The molecule has 0 aliphatic carbocycles. The molecule has 1 rings (SSSR count). The summed E-state index contributed by atoms with van der Waals surface area (Å²) in [5, 5.41) is 3.33. The molecule has 1 fully saturated rings. The number of rotatable bonds is 11. The quantitative estimate of drug-likeness (QED) is 0.537. The third-order valence-electron chi connectivity index (χ3n) is 2.62. The van der Waals surface area contributed by atoms with Crippen molar-refractivity contribution in [2.24, 2.45) is 0 Å². The van der Waals surface area contributed by atoms with Gasteiger partial charge >= 0.3 is 0 Å². The molecule has 1 aliphatic heterocycles. The maximum atomic E-state index is 5.50. The number of ether oxygens (including phenoxy) is 4. The molecule has 5 nitrogen and oxygen atoms in total. The van der Waals surface area contributed by atoms with E-state index in [4.69, 9.17) is 18.9 Å². The molecule has 0 saturated carbocycles. The van der Waals surface area contributed by atoms with Crippen LogP contribution < -0.4 is 5.32 Å². The maximum Gasteiger partial charge on any atom is 0.0701 e. The van der Waals surface area contributed by atoms with Crippen molar-refractivity contribution >= 4 is 0 Å². The van der Waals surface area contributed by atoms with Gasteiger partial charge in [-0.05, 0) is 12.8 Å². The summed E-state index contributed by atoms with van der Waals surface area (Å²) in [6, 6.07) is 0. The predicted octanol–water partition coefficient (Wildman–Crippen LogP) is 0.435. The first kappa shape index (κ1) is 14.9. The summed E-state index contributed by atoms with van der Waals surface area (Å²) in [5.74, 6) is 0. The van der Waals surface area contributed by atoms with E-state index in [1.807, 2.05) is 0 Å². The highest BCUT2D eigenvalue weighted by atomic mass is 16.5. The standard InChI is InChI=1S/C12H25NO4/c1-14-7-8-16-10-9-15-6-4-13-11-12-3-2-5-17-12/h12-13H,2-11H2,1H3. The fourth-order valence-corrected chi connectivity index (χ4v) is 1.68. The highest BCUT2D eigenvalue weighted by Gasteiger charge is 2.13. The van der Waals surface area contributed by atoms with E-state index in [-0.39, 0.29) is 0 Å². The Balaban J connectivity index is 1.69. The van der Waals surface area contributed by atoms with Crippen LogP contribution in [0.5, 0.6) is 0 Å². The van der Waals surface area contributed by atoms with Gasteiger partial charge in [0.25, 0.3) is 0 Å². The van der Waals surface area contributed by atoms with Gasteiger partial charge in [0.05, 0.1) is 39.1 Å². The average Bonchev–Trinajstić information content (AvgIpc) is 2.85. The van der Waals surface area contributed by atoms with Gasteiger partial charge in [0.1, 0.15) is 0 Å². The predicted molar refractivity (Wildman–Crippen MR) is 65.4 cm³/mol. The van der Waals surface area contributed by atoms with Gasteiger partial charge in [0.15, 0.2) is 0 Å². The molecule has 1 unspecified atom stereocenters. The van der Waals surface area contributed by atoms with Crippen LogP contribution in [0.2, 0.25) is 0 Å². The Hall–Kier alpha value is -0.200. The molecule has 0 aromatic rings. The maximum absolute atomic E-state index is 5.50. The molecule has 102 valence electrons. The Morgan fingerprint density at radius 1 is 1.12 bits per heavy atom. The van der Waals surface area contributed by atoms with Gasteiger partial charge < -0.3 is 24.3 Å². The largest absolute Gasteiger partial charge is 0.382 e. The first-order valence-electron chi connectivity index (χ1n) is 6.40. The average molecular weight is 247 g/mol. The van der Waals surface area contributed by atoms with Crippen LogP contribution in [0, 0.1) is 0 Å². The van der Waals surface area contributed by atoms with Crippen LogP contribution in [0.15, 0.2) is 0 Å². The fraction of sp³-hybridized carbons (Fsp3) is 1.00. The monoisotopic (exact) mass is 247 g/mol. The lowest BCUT2D eigenvalue weighted by molar-refractivity contribution is 0.0249. The number of hydrogen-bond acceptors (Lipinski definition) is 5. The summed E-state index contributed by atoms with van der Waals surface area (Å²) in [7, 11) is 1.67. The van der Waals surface area contributed by atoms with E-state index in [0.717, 1.165) is 26.3 Å². The fourth-order valence-electron chi connectivity index (χ4n) is 1.68. The normalized spacial score (nSPS) is 19.9. The zero-order valence-corrected chi connectivity index (χ0v) is 10.8. The van der Waals surface area contributed by atoms with Gasteiger partial charge in [-0.3, -0.25) is 0 Å². The first-order valence-corrected chi connectivity index (χ1v) is 6.40. The van der Waals surface area contributed by atoms with Crippen LogP contribution in [0.3, 0.4) is 0 Å². The van der Waals surface area contributed by atoms with E-state index in [1.54, 1.807) is 7.11 Å². The molecule has 1 atom stereocenters.